The average molecular weight is 374 g/mol. The minimum absolute atomic E-state index is 0.00770. The van der Waals surface area contributed by atoms with E-state index in [4.69, 9.17) is 16.3 Å². The number of benzene rings is 2. The summed E-state index contributed by atoms with van der Waals surface area (Å²) in [4.78, 5) is 16.8. The summed E-state index contributed by atoms with van der Waals surface area (Å²) in [6, 6.07) is 13.6. The third-order valence-corrected chi connectivity index (χ3v) is 4.87. The number of anilines is 2. The van der Waals surface area contributed by atoms with Crippen molar-refractivity contribution in [3.8, 4) is 5.75 Å². The van der Waals surface area contributed by atoms with Crippen molar-refractivity contribution in [3.05, 3.63) is 53.1 Å². The van der Waals surface area contributed by atoms with E-state index < -0.39 is 0 Å². The molecular formula is C20H24ClN3O2. The average Bonchev–Trinajstić information content (AvgIpc) is 2.65. The molecule has 1 heterocycles. The largest absolute Gasteiger partial charge is 0.497 e. The van der Waals surface area contributed by atoms with Crippen LogP contribution in [0.3, 0.4) is 0 Å². The summed E-state index contributed by atoms with van der Waals surface area (Å²) in [7, 11) is 1.67. The summed E-state index contributed by atoms with van der Waals surface area (Å²) in [6.07, 6.45) is 0. The number of nitrogens with zero attached hydrogens (tertiary/aromatic N) is 2. The Hall–Kier alpha value is -2.24. The van der Waals surface area contributed by atoms with Crippen LogP contribution in [0.4, 0.5) is 11.4 Å². The second-order valence-electron chi connectivity index (χ2n) is 6.47. The van der Waals surface area contributed by atoms with E-state index in [0.29, 0.717) is 11.6 Å². The fraction of sp³-hybridized carbons (Fsp3) is 0.350. The first-order valence-electron chi connectivity index (χ1n) is 8.72. The van der Waals surface area contributed by atoms with Crippen LogP contribution in [0.5, 0.6) is 5.75 Å². The molecule has 0 atom stereocenters. The normalized spacial score (nSPS) is 15.0. The molecule has 0 aromatic heterocycles. The number of carbonyl (C=O) groups excluding carboxylic acids is 1. The van der Waals surface area contributed by atoms with E-state index in [0.717, 1.165) is 43.2 Å². The molecule has 0 saturated carbocycles. The SMILES string of the molecule is COc1ccc(N2CCN(CC(=O)Nc3ccc(Cl)cc3C)CC2)cc1. The van der Waals surface area contributed by atoms with Gasteiger partial charge in [0, 0.05) is 42.6 Å². The summed E-state index contributed by atoms with van der Waals surface area (Å²) >= 11 is 5.96. The lowest BCUT2D eigenvalue weighted by Crippen LogP contribution is -2.48. The van der Waals surface area contributed by atoms with Crippen LogP contribution in [-0.2, 0) is 4.79 Å². The molecule has 2 aromatic rings. The first-order valence-corrected chi connectivity index (χ1v) is 9.10. The third-order valence-electron chi connectivity index (χ3n) is 4.64. The zero-order valence-electron chi connectivity index (χ0n) is 15.2. The molecule has 0 radical (unpaired) electrons. The van der Waals surface area contributed by atoms with E-state index in [1.807, 2.05) is 31.2 Å². The lowest BCUT2D eigenvalue weighted by atomic mass is 10.2. The minimum Gasteiger partial charge on any atom is -0.497 e. The van der Waals surface area contributed by atoms with Crippen LogP contribution in [0.2, 0.25) is 5.02 Å². The molecule has 1 amide bonds. The van der Waals surface area contributed by atoms with Crippen molar-refractivity contribution in [3.63, 3.8) is 0 Å². The van der Waals surface area contributed by atoms with E-state index in [-0.39, 0.29) is 5.91 Å². The van der Waals surface area contributed by atoms with Gasteiger partial charge in [0.05, 0.1) is 13.7 Å². The van der Waals surface area contributed by atoms with Gasteiger partial charge in [-0.3, -0.25) is 9.69 Å². The Labute approximate surface area is 159 Å². The maximum absolute atomic E-state index is 12.3. The van der Waals surface area contributed by atoms with E-state index in [2.05, 4.69) is 27.2 Å². The highest BCUT2D eigenvalue weighted by atomic mass is 35.5. The molecule has 0 spiro atoms. The monoisotopic (exact) mass is 373 g/mol. The van der Waals surface area contributed by atoms with E-state index >= 15 is 0 Å². The smallest absolute Gasteiger partial charge is 0.238 e. The van der Waals surface area contributed by atoms with Gasteiger partial charge < -0.3 is 15.0 Å². The van der Waals surface area contributed by atoms with Gasteiger partial charge in [-0.15, -0.1) is 0 Å². The fourth-order valence-electron chi connectivity index (χ4n) is 3.12. The van der Waals surface area contributed by atoms with Crippen molar-refractivity contribution in [1.29, 1.82) is 0 Å². The van der Waals surface area contributed by atoms with Crippen molar-refractivity contribution in [1.82, 2.24) is 4.90 Å². The van der Waals surface area contributed by atoms with Crippen LogP contribution in [-0.4, -0.2) is 50.6 Å². The molecule has 2 aromatic carbocycles. The Bertz CT molecular complexity index is 756. The van der Waals surface area contributed by atoms with Gasteiger partial charge in [0.25, 0.3) is 0 Å². The Balaban J connectivity index is 1.49. The number of piperazine rings is 1. The Morgan fingerprint density at radius 1 is 1.12 bits per heavy atom. The molecule has 138 valence electrons. The number of halogens is 1. The van der Waals surface area contributed by atoms with Crippen LogP contribution < -0.4 is 15.0 Å². The van der Waals surface area contributed by atoms with Gasteiger partial charge in [-0.05, 0) is 55.0 Å². The molecule has 0 bridgehead atoms. The van der Waals surface area contributed by atoms with Gasteiger partial charge in [0.15, 0.2) is 0 Å². The van der Waals surface area contributed by atoms with Crippen molar-refractivity contribution >= 4 is 28.9 Å². The predicted molar refractivity (Wildman–Crippen MR) is 106 cm³/mol. The summed E-state index contributed by atoms with van der Waals surface area (Å²) in [5, 5.41) is 3.65. The molecule has 1 N–H and O–H groups in total. The number of hydrogen-bond acceptors (Lipinski definition) is 4. The van der Waals surface area contributed by atoms with Crippen molar-refractivity contribution < 1.29 is 9.53 Å². The highest BCUT2D eigenvalue weighted by molar-refractivity contribution is 6.30. The Kier molecular flexibility index (Phi) is 6.01. The van der Waals surface area contributed by atoms with Crippen LogP contribution in [0, 0.1) is 6.92 Å². The first kappa shape index (κ1) is 18.5. The number of aryl methyl sites for hydroxylation is 1. The second kappa shape index (κ2) is 8.43. The van der Waals surface area contributed by atoms with Gasteiger partial charge in [-0.2, -0.15) is 0 Å². The quantitative estimate of drug-likeness (QED) is 0.872. The molecule has 0 unspecified atom stereocenters. The summed E-state index contributed by atoms with van der Waals surface area (Å²) in [5.41, 5.74) is 2.97. The number of nitrogens with one attached hydrogen (secondary N) is 1. The lowest BCUT2D eigenvalue weighted by Gasteiger charge is -2.35. The van der Waals surface area contributed by atoms with Crippen LogP contribution in [0.15, 0.2) is 42.5 Å². The summed E-state index contributed by atoms with van der Waals surface area (Å²) in [5.74, 6) is 0.870. The predicted octanol–water partition coefficient (Wildman–Crippen LogP) is 3.42. The highest BCUT2D eigenvalue weighted by Gasteiger charge is 2.19. The number of methoxy groups -OCH3 is 1. The van der Waals surface area contributed by atoms with Crippen LogP contribution in [0.1, 0.15) is 5.56 Å². The fourth-order valence-corrected chi connectivity index (χ4v) is 3.34. The number of rotatable bonds is 5. The topological polar surface area (TPSA) is 44.8 Å². The zero-order valence-corrected chi connectivity index (χ0v) is 15.9. The van der Waals surface area contributed by atoms with Crippen molar-refractivity contribution in [2.75, 3.05) is 50.1 Å². The maximum Gasteiger partial charge on any atom is 0.238 e. The number of hydrogen-bond donors (Lipinski definition) is 1. The summed E-state index contributed by atoms with van der Waals surface area (Å²) < 4.78 is 5.20. The third kappa shape index (κ3) is 4.68. The minimum atomic E-state index is 0.00770. The molecule has 0 aliphatic carbocycles. The van der Waals surface area contributed by atoms with E-state index in [1.165, 1.54) is 5.69 Å². The standard InChI is InChI=1S/C20H24ClN3O2/c1-15-13-16(21)3-8-19(15)22-20(25)14-23-9-11-24(12-10-23)17-4-6-18(26-2)7-5-17/h3-8,13H,9-12,14H2,1-2H3,(H,22,25). The number of amides is 1. The molecule has 5 nitrogen and oxygen atoms in total. The zero-order chi connectivity index (χ0) is 18.5. The first-order chi connectivity index (χ1) is 12.5. The molecule has 3 rings (SSSR count). The lowest BCUT2D eigenvalue weighted by molar-refractivity contribution is -0.117. The van der Waals surface area contributed by atoms with Crippen molar-refractivity contribution in [2.24, 2.45) is 0 Å². The number of ether oxygens (including phenoxy) is 1. The van der Waals surface area contributed by atoms with Crippen LogP contribution in [0.25, 0.3) is 0 Å². The van der Waals surface area contributed by atoms with Gasteiger partial charge in [0.1, 0.15) is 5.75 Å². The molecule has 6 heteroatoms. The Morgan fingerprint density at radius 2 is 1.81 bits per heavy atom. The highest BCUT2D eigenvalue weighted by Crippen LogP contribution is 2.21. The van der Waals surface area contributed by atoms with E-state index in [9.17, 15) is 4.79 Å². The molecular weight excluding hydrogens is 350 g/mol. The Morgan fingerprint density at radius 3 is 2.42 bits per heavy atom. The van der Waals surface area contributed by atoms with Gasteiger partial charge in [-0.25, -0.2) is 0 Å². The second-order valence-corrected chi connectivity index (χ2v) is 6.91. The molecule has 1 fully saturated rings. The van der Waals surface area contributed by atoms with Gasteiger partial charge >= 0.3 is 0 Å². The molecule has 1 aliphatic heterocycles. The van der Waals surface area contributed by atoms with Crippen LogP contribution >= 0.6 is 11.6 Å². The van der Waals surface area contributed by atoms with Gasteiger partial charge in [0.2, 0.25) is 5.91 Å². The maximum atomic E-state index is 12.3. The molecule has 1 saturated heterocycles. The summed E-state index contributed by atoms with van der Waals surface area (Å²) in [6.45, 7) is 5.87. The number of carbonyl (C=O) groups is 1. The van der Waals surface area contributed by atoms with Crippen molar-refractivity contribution in [2.45, 2.75) is 6.92 Å². The molecule has 1 aliphatic rings. The van der Waals surface area contributed by atoms with Gasteiger partial charge in [-0.1, -0.05) is 11.6 Å². The molecule has 26 heavy (non-hydrogen) atoms. The van der Waals surface area contributed by atoms with E-state index in [1.54, 1.807) is 13.2 Å².